The molecule has 1 aromatic rings. The molecule has 120 valence electrons. The minimum atomic E-state index is -1.50. The van der Waals surface area contributed by atoms with Crippen molar-refractivity contribution in [3.05, 3.63) is 40.6 Å². The van der Waals surface area contributed by atoms with Crippen LogP contribution in [0.25, 0.3) is 6.08 Å². The Hall–Kier alpha value is -2.60. The fraction of sp³-hybridized carbons (Fsp3) is 0.188. The number of hydrogen-bond acceptors (Lipinski definition) is 6. The molecule has 0 saturated heterocycles. The van der Waals surface area contributed by atoms with E-state index in [0.29, 0.717) is 5.56 Å². The largest absolute Gasteiger partial charge is 0.503 e. The highest BCUT2D eigenvalue weighted by atomic mass is 35.5. The number of rotatable bonds is 4. The molecule has 1 atom stereocenters. The summed E-state index contributed by atoms with van der Waals surface area (Å²) in [6.45, 7) is 1.46. The van der Waals surface area contributed by atoms with E-state index in [0.717, 1.165) is 12.2 Å². The number of phenols is 1. The Morgan fingerprint density at radius 3 is 2.70 bits per heavy atom. The number of ketones is 2. The van der Waals surface area contributed by atoms with Gasteiger partial charge in [-0.2, -0.15) is 0 Å². The third-order valence-electron chi connectivity index (χ3n) is 3.12. The van der Waals surface area contributed by atoms with Crippen molar-refractivity contribution in [3.63, 3.8) is 0 Å². The first kappa shape index (κ1) is 16.8. The highest BCUT2D eigenvalue weighted by Gasteiger charge is 2.36. The fourth-order valence-corrected chi connectivity index (χ4v) is 2.24. The smallest absolute Gasteiger partial charge is 0.329 e. The Morgan fingerprint density at radius 1 is 1.39 bits per heavy atom. The predicted octanol–water partition coefficient (Wildman–Crippen LogP) is 2.28. The lowest BCUT2D eigenvalue weighted by atomic mass is 9.96. The van der Waals surface area contributed by atoms with Gasteiger partial charge in [-0.1, -0.05) is 17.7 Å². The van der Waals surface area contributed by atoms with E-state index in [1.54, 1.807) is 0 Å². The number of halogens is 1. The van der Waals surface area contributed by atoms with Crippen molar-refractivity contribution in [1.82, 2.24) is 0 Å². The summed E-state index contributed by atoms with van der Waals surface area (Å²) in [4.78, 5) is 35.5. The van der Waals surface area contributed by atoms with Crippen molar-refractivity contribution in [3.8, 4) is 11.5 Å². The normalized spacial score (nSPS) is 17.9. The van der Waals surface area contributed by atoms with Gasteiger partial charge in [-0.05, 0) is 30.7 Å². The number of hydrogen-bond donors (Lipinski definition) is 1. The lowest BCUT2D eigenvalue weighted by Gasteiger charge is -2.15. The number of allylic oxidation sites excluding steroid dienone is 3. The van der Waals surface area contributed by atoms with Gasteiger partial charge in [0.05, 0.1) is 12.1 Å². The Balaban J connectivity index is 2.24. The summed E-state index contributed by atoms with van der Waals surface area (Å²) in [6.07, 6.45) is 3.56. The van der Waals surface area contributed by atoms with Crippen LogP contribution >= 0.6 is 11.6 Å². The summed E-state index contributed by atoms with van der Waals surface area (Å²) in [7, 11) is 1.36. The highest BCUT2D eigenvalue weighted by Crippen LogP contribution is 2.35. The third kappa shape index (κ3) is 3.60. The standard InChI is InChI=1S/C16H13ClO6/c1-8-5-12(19)14(16(21)23-8)11(18)4-3-9-6-10(17)15(20)13(7-9)22-2/h3-7,14,20H,1-2H3/b4-3+/t14-/m1/s1. The van der Waals surface area contributed by atoms with Gasteiger partial charge in [0.2, 0.25) is 0 Å². The molecule has 1 aromatic carbocycles. The number of carbonyl (C=O) groups excluding carboxylic acids is 3. The zero-order valence-electron chi connectivity index (χ0n) is 12.3. The molecule has 1 aliphatic heterocycles. The molecule has 0 fully saturated rings. The van der Waals surface area contributed by atoms with Crippen molar-refractivity contribution in [2.24, 2.45) is 5.92 Å². The fourth-order valence-electron chi connectivity index (χ4n) is 2.02. The van der Waals surface area contributed by atoms with Crippen LogP contribution in [0.3, 0.4) is 0 Å². The molecule has 6 nitrogen and oxygen atoms in total. The second-order valence-electron chi connectivity index (χ2n) is 4.80. The van der Waals surface area contributed by atoms with E-state index in [-0.39, 0.29) is 22.3 Å². The molecular formula is C16H13ClO6. The maximum Gasteiger partial charge on any atom is 0.329 e. The third-order valence-corrected chi connectivity index (χ3v) is 3.41. The van der Waals surface area contributed by atoms with Crippen molar-refractivity contribution >= 4 is 35.2 Å². The van der Waals surface area contributed by atoms with Gasteiger partial charge in [0.25, 0.3) is 0 Å². The maximum atomic E-state index is 12.1. The quantitative estimate of drug-likeness (QED) is 0.515. The second-order valence-corrected chi connectivity index (χ2v) is 5.21. The van der Waals surface area contributed by atoms with E-state index in [9.17, 15) is 19.5 Å². The lowest BCUT2D eigenvalue weighted by Crippen LogP contribution is -2.34. The number of esters is 1. The van der Waals surface area contributed by atoms with E-state index >= 15 is 0 Å². The SMILES string of the molecule is COc1cc(/C=C/C(=O)[C@@H]2C(=O)C=C(C)OC2=O)cc(Cl)c1O. The van der Waals surface area contributed by atoms with E-state index in [2.05, 4.69) is 0 Å². The molecule has 0 spiro atoms. The molecule has 0 radical (unpaired) electrons. The number of phenolic OH excluding ortho intramolecular Hbond substituents is 1. The molecule has 0 aromatic heterocycles. The van der Waals surface area contributed by atoms with Crippen LogP contribution < -0.4 is 4.74 Å². The molecule has 1 N–H and O–H groups in total. The van der Waals surface area contributed by atoms with Crippen LogP contribution in [0.4, 0.5) is 0 Å². The average Bonchev–Trinajstić information content (AvgIpc) is 2.47. The number of ether oxygens (including phenoxy) is 2. The summed E-state index contributed by atoms with van der Waals surface area (Å²) >= 11 is 5.84. The molecule has 0 aliphatic carbocycles. The number of methoxy groups -OCH3 is 1. The van der Waals surface area contributed by atoms with Crippen LogP contribution in [0.5, 0.6) is 11.5 Å². The number of carbonyl (C=O) groups is 3. The molecule has 23 heavy (non-hydrogen) atoms. The minimum absolute atomic E-state index is 0.0446. The molecule has 0 unspecified atom stereocenters. The zero-order chi connectivity index (χ0) is 17.1. The monoisotopic (exact) mass is 336 g/mol. The van der Waals surface area contributed by atoms with Gasteiger partial charge in [0, 0.05) is 6.08 Å². The average molecular weight is 337 g/mol. The summed E-state index contributed by atoms with van der Waals surface area (Å²) in [6, 6.07) is 2.87. The molecule has 2 rings (SSSR count). The Kier molecular flexibility index (Phi) is 4.86. The topological polar surface area (TPSA) is 89.9 Å². The molecule has 0 saturated carbocycles. The van der Waals surface area contributed by atoms with Gasteiger partial charge >= 0.3 is 5.97 Å². The second kappa shape index (κ2) is 6.66. The van der Waals surface area contributed by atoms with Crippen molar-refractivity contribution in [1.29, 1.82) is 0 Å². The molecule has 1 heterocycles. The Morgan fingerprint density at radius 2 is 2.09 bits per heavy atom. The first-order chi connectivity index (χ1) is 10.8. The Labute approximate surface area is 137 Å². The van der Waals surface area contributed by atoms with Gasteiger partial charge in [-0.15, -0.1) is 0 Å². The summed E-state index contributed by atoms with van der Waals surface area (Å²) in [5, 5.41) is 9.68. The summed E-state index contributed by atoms with van der Waals surface area (Å²) < 4.78 is 9.73. The van der Waals surface area contributed by atoms with E-state index < -0.39 is 23.5 Å². The van der Waals surface area contributed by atoms with Crippen LogP contribution in [0.15, 0.2) is 30.0 Å². The number of cyclic esters (lactones) is 1. The molecular weight excluding hydrogens is 324 g/mol. The summed E-state index contributed by atoms with van der Waals surface area (Å²) in [5.74, 6) is -3.64. The van der Waals surface area contributed by atoms with E-state index in [4.69, 9.17) is 21.1 Å². The van der Waals surface area contributed by atoms with E-state index in [1.807, 2.05) is 0 Å². The van der Waals surface area contributed by atoms with Crippen LogP contribution in [0, 0.1) is 5.92 Å². The zero-order valence-corrected chi connectivity index (χ0v) is 13.1. The van der Waals surface area contributed by atoms with Gasteiger partial charge in [-0.3, -0.25) is 14.4 Å². The molecule has 0 bridgehead atoms. The maximum absolute atomic E-state index is 12.1. The summed E-state index contributed by atoms with van der Waals surface area (Å²) in [5.41, 5.74) is 0.460. The molecule has 0 amide bonds. The van der Waals surface area contributed by atoms with Crippen LogP contribution in [-0.2, 0) is 19.1 Å². The first-order valence-electron chi connectivity index (χ1n) is 6.55. The molecule has 1 aliphatic rings. The number of aromatic hydroxyl groups is 1. The lowest BCUT2D eigenvalue weighted by molar-refractivity contribution is -0.151. The first-order valence-corrected chi connectivity index (χ1v) is 6.93. The Bertz CT molecular complexity index is 747. The van der Waals surface area contributed by atoms with Crippen LogP contribution in [0.1, 0.15) is 12.5 Å². The van der Waals surface area contributed by atoms with Crippen molar-refractivity contribution < 1.29 is 29.0 Å². The molecule has 7 heteroatoms. The van der Waals surface area contributed by atoms with Gasteiger partial charge in [0.15, 0.2) is 29.0 Å². The minimum Gasteiger partial charge on any atom is -0.503 e. The highest BCUT2D eigenvalue weighted by molar-refractivity contribution is 6.32. The van der Waals surface area contributed by atoms with Crippen LogP contribution in [0.2, 0.25) is 5.02 Å². The number of benzene rings is 1. The van der Waals surface area contributed by atoms with Crippen LogP contribution in [-0.4, -0.2) is 29.8 Å². The van der Waals surface area contributed by atoms with Gasteiger partial charge in [-0.25, -0.2) is 0 Å². The van der Waals surface area contributed by atoms with Gasteiger partial charge < -0.3 is 14.6 Å². The van der Waals surface area contributed by atoms with Crippen molar-refractivity contribution in [2.75, 3.05) is 7.11 Å². The van der Waals surface area contributed by atoms with E-state index in [1.165, 1.54) is 32.2 Å². The predicted molar refractivity (Wildman–Crippen MR) is 82.1 cm³/mol. The van der Waals surface area contributed by atoms with Crippen molar-refractivity contribution in [2.45, 2.75) is 6.92 Å². The van der Waals surface area contributed by atoms with Gasteiger partial charge in [0.1, 0.15) is 5.76 Å².